The average molecular weight is 358 g/mol. The van der Waals surface area contributed by atoms with Crippen LogP contribution >= 0.6 is 0 Å². The molecule has 6 heteroatoms. The van der Waals surface area contributed by atoms with E-state index in [2.05, 4.69) is 12.2 Å². The molecule has 1 aromatic rings. The van der Waals surface area contributed by atoms with Gasteiger partial charge in [0.2, 0.25) is 11.8 Å². The van der Waals surface area contributed by atoms with Gasteiger partial charge in [-0.05, 0) is 43.7 Å². The van der Waals surface area contributed by atoms with Crippen LogP contribution in [0.15, 0.2) is 18.2 Å². The van der Waals surface area contributed by atoms with Gasteiger partial charge in [0.1, 0.15) is 13.2 Å². The summed E-state index contributed by atoms with van der Waals surface area (Å²) in [5, 5.41) is 3.16. The number of ether oxygens (including phenoxy) is 2. The number of carbonyl (C=O) groups is 2. The molecule has 4 rings (SSSR count). The van der Waals surface area contributed by atoms with E-state index >= 15 is 0 Å². The van der Waals surface area contributed by atoms with Crippen molar-refractivity contribution in [2.24, 2.45) is 11.8 Å². The third-order valence-corrected chi connectivity index (χ3v) is 5.70. The number of hydrogen-bond acceptors (Lipinski definition) is 4. The van der Waals surface area contributed by atoms with E-state index < -0.39 is 0 Å². The van der Waals surface area contributed by atoms with Gasteiger partial charge in [-0.15, -0.1) is 0 Å². The van der Waals surface area contributed by atoms with Crippen molar-refractivity contribution >= 4 is 17.5 Å². The van der Waals surface area contributed by atoms with E-state index in [1.807, 2.05) is 18.2 Å². The van der Waals surface area contributed by atoms with Crippen molar-refractivity contribution in [2.75, 3.05) is 24.7 Å². The summed E-state index contributed by atoms with van der Waals surface area (Å²) in [6.07, 6.45) is 4.68. The first-order chi connectivity index (χ1) is 12.6. The summed E-state index contributed by atoms with van der Waals surface area (Å²) in [6, 6.07) is 5.77. The van der Waals surface area contributed by atoms with E-state index in [1.165, 1.54) is 0 Å². The predicted molar refractivity (Wildman–Crippen MR) is 97.5 cm³/mol. The van der Waals surface area contributed by atoms with Gasteiger partial charge in [0.05, 0.1) is 5.92 Å². The van der Waals surface area contributed by atoms with Crippen LogP contribution in [0.25, 0.3) is 0 Å². The lowest BCUT2D eigenvalue weighted by Crippen LogP contribution is -2.41. The largest absolute Gasteiger partial charge is 0.486 e. The molecule has 2 amide bonds. The van der Waals surface area contributed by atoms with Gasteiger partial charge in [0, 0.05) is 30.8 Å². The smallest absolute Gasteiger partial charge is 0.227 e. The molecule has 0 bridgehead atoms. The van der Waals surface area contributed by atoms with Gasteiger partial charge in [-0.1, -0.05) is 6.92 Å². The van der Waals surface area contributed by atoms with E-state index in [-0.39, 0.29) is 30.2 Å². The summed E-state index contributed by atoms with van der Waals surface area (Å²) in [4.78, 5) is 26.8. The molecule has 0 radical (unpaired) electrons. The number of amides is 2. The summed E-state index contributed by atoms with van der Waals surface area (Å²) in [5.74, 6) is 1.83. The first-order valence-electron chi connectivity index (χ1n) is 9.60. The molecule has 6 nitrogen and oxygen atoms in total. The van der Waals surface area contributed by atoms with Gasteiger partial charge in [-0.25, -0.2) is 0 Å². The third-order valence-electron chi connectivity index (χ3n) is 5.70. The van der Waals surface area contributed by atoms with Crippen molar-refractivity contribution in [1.82, 2.24) is 5.32 Å². The zero-order chi connectivity index (χ0) is 18.1. The first kappa shape index (κ1) is 17.2. The Morgan fingerprint density at radius 1 is 1.12 bits per heavy atom. The van der Waals surface area contributed by atoms with E-state index in [1.54, 1.807) is 4.90 Å². The second-order valence-electron chi connectivity index (χ2n) is 7.70. The second kappa shape index (κ2) is 7.17. The van der Waals surface area contributed by atoms with E-state index in [0.29, 0.717) is 31.3 Å². The summed E-state index contributed by atoms with van der Waals surface area (Å²) in [6.45, 7) is 3.74. The Morgan fingerprint density at radius 3 is 2.62 bits per heavy atom. The Labute approximate surface area is 153 Å². The van der Waals surface area contributed by atoms with Crippen LogP contribution in [-0.2, 0) is 9.59 Å². The van der Waals surface area contributed by atoms with Crippen molar-refractivity contribution < 1.29 is 19.1 Å². The Kier molecular flexibility index (Phi) is 4.74. The van der Waals surface area contributed by atoms with Gasteiger partial charge >= 0.3 is 0 Å². The maximum Gasteiger partial charge on any atom is 0.227 e. The SMILES string of the molecule is CC1CCC(NC(=O)[C@H]2CC(=O)N(c3ccc4c(c3)OCCO4)C2)CC1. The molecule has 1 aromatic carbocycles. The Balaban J connectivity index is 1.39. The van der Waals surface area contributed by atoms with Crippen LogP contribution < -0.4 is 19.7 Å². The number of nitrogens with zero attached hydrogens (tertiary/aromatic N) is 1. The highest BCUT2D eigenvalue weighted by atomic mass is 16.6. The van der Waals surface area contributed by atoms with Crippen LogP contribution in [0.1, 0.15) is 39.0 Å². The molecule has 0 unspecified atom stereocenters. The summed E-state index contributed by atoms with van der Waals surface area (Å²) >= 11 is 0. The minimum atomic E-state index is -0.282. The highest BCUT2D eigenvalue weighted by Crippen LogP contribution is 2.36. The summed E-state index contributed by atoms with van der Waals surface area (Å²) in [7, 11) is 0. The molecular formula is C20H26N2O4. The number of rotatable bonds is 3. The molecule has 2 aliphatic heterocycles. The topological polar surface area (TPSA) is 67.9 Å². The standard InChI is InChI=1S/C20H26N2O4/c1-13-2-4-15(5-3-13)21-20(24)14-10-19(23)22(12-14)16-6-7-17-18(11-16)26-9-8-25-17/h6-7,11,13-15H,2-5,8-10,12H2,1H3,(H,21,24)/t13?,14-,15?/m0/s1. The number of anilines is 1. The molecule has 1 atom stereocenters. The lowest BCUT2D eigenvalue weighted by atomic mass is 9.87. The number of nitrogens with one attached hydrogen (secondary N) is 1. The van der Waals surface area contributed by atoms with E-state index in [4.69, 9.17) is 9.47 Å². The summed E-state index contributed by atoms with van der Waals surface area (Å²) < 4.78 is 11.1. The molecule has 1 aliphatic carbocycles. The molecule has 1 N–H and O–H groups in total. The van der Waals surface area contributed by atoms with Crippen molar-refractivity contribution in [2.45, 2.75) is 45.1 Å². The lowest BCUT2D eigenvalue weighted by Gasteiger charge is -2.28. The molecule has 26 heavy (non-hydrogen) atoms. The lowest BCUT2D eigenvalue weighted by molar-refractivity contribution is -0.127. The molecule has 2 fully saturated rings. The van der Waals surface area contributed by atoms with Gasteiger partial charge in [-0.3, -0.25) is 9.59 Å². The Morgan fingerprint density at radius 2 is 1.85 bits per heavy atom. The van der Waals surface area contributed by atoms with Crippen LogP contribution in [-0.4, -0.2) is 37.6 Å². The minimum absolute atomic E-state index is 0.0120. The molecule has 0 aromatic heterocycles. The van der Waals surface area contributed by atoms with Crippen LogP contribution in [0.4, 0.5) is 5.69 Å². The van der Waals surface area contributed by atoms with Crippen molar-refractivity contribution in [3.63, 3.8) is 0 Å². The molecule has 3 aliphatic rings. The van der Waals surface area contributed by atoms with Crippen LogP contribution in [0.2, 0.25) is 0 Å². The third kappa shape index (κ3) is 3.50. The number of benzene rings is 1. The van der Waals surface area contributed by atoms with Gasteiger partial charge in [0.15, 0.2) is 11.5 Å². The minimum Gasteiger partial charge on any atom is -0.486 e. The molecule has 0 spiro atoms. The predicted octanol–water partition coefficient (Wildman–Crippen LogP) is 2.51. The van der Waals surface area contributed by atoms with Crippen LogP contribution in [0, 0.1) is 11.8 Å². The fraction of sp³-hybridized carbons (Fsp3) is 0.600. The summed E-state index contributed by atoms with van der Waals surface area (Å²) in [5.41, 5.74) is 0.765. The second-order valence-corrected chi connectivity index (χ2v) is 7.70. The maximum atomic E-state index is 12.6. The van der Waals surface area contributed by atoms with Crippen molar-refractivity contribution in [1.29, 1.82) is 0 Å². The number of fused-ring (bicyclic) bond motifs is 1. The first-order valence-corrected chi connectivity index (χ1v) is 9.60. The average Bonchev–Trinajstić information content (AvgIpc) is 3.05. The molecular weight excluding hydrogens is 332 g/mol. The molecule has 140 valence electrons. The van der Waals surface area contributed by atoms with Gasteiger partial charge < -0.3 is 19.7 Å². The van der Waals surface area contributed by atoms with E-state index in [9.17, 15) is 9.59 Å². The van der Waals surface area contributed by atoms with Crippen LogP contribution in [0.5, 0.6) is 11.5 Å². The molecule has 1 saturated carbocycles. The van der Waals surface area contributed by atoms with E-state index in [0.717, 1.165) is 37.3 Å². The Hall–Kier alpha value is -2.24. The van der Waals surface area contributed by atoms with Crippen molar-refractivity contribution in [3.05, 3.63) is 18.2 Å². The maximum absolute atomic E-state index is 12.6. The highest BCUT2D eigenvalue weighted by molar-refractivity contribution is 6.00. The zero-order valence-corrected chi connectivity index (χ0v) is 15.2. The van der Waals surface area contributed by atoms with Gasteiger partial charge in [-0.2, -0.15) is 0 Å². The molecule has 2 heterocycles. The van der Waals surface area contributed by atoms with Gasteiger partial charge in [0.25, 0.3) is 0 Å². The van der Waals surface area contributed by atoms with Crippen LogP contribution in [0.3, 0.4) is 0 Å². The normalized spacial score (nSPS) is 28.1. The Bertz CT molecular complexity index is 697. The number of hydrogen-bond donors (Lipinski definition) is 1. The fourth-order valence-electron chi connectivity index (χ4n) is 4.06. The number of carbonyl (C=O) groups excluding carboxylic acids is 2. The zero-order valence-electron chi connectivity index (χ0n) is 15.2. The monoisotopic (exact) mass is 358 g/mol. The fourth-order valence-corrected chi connectivity index (χ4v) is 4.06. The quantitative estimate of drug-likeness (QED) is 0.901. The molecule has 1 saturated heterocycles. The highest BCUT2D eigenvalue weighted by Gasteiger charge is 2.36. The van der Waals surface area contributed by atoms with Crippen molar-refractivity contribution in [3.8, 4) is 11.5 Å².